The number of carbonyl (C=O) groups is 1. The van der Waals surface area contributed by atoms with Gasteiger partial charge in [-0.05, 0) is 29.7 Å². The van der Waals surface area contributed by atoms with E-state index in [0.717, 1.165) is 22.3 Å². The van der Waals surface area contributed by atoms with Gasteiger partial charge in [-0.3, -0.25) is 9.78 Å². The van der Waals surface area contributed by atoms with E-state index in [2.05, 4.69) is 48.3 Å². The average Bonchev–Trinajstić information content (AvgIpc) is 3.04. The Balaban J connectivity index is 1.70. The molecular weight excluding hydrogens is 340 g/mol. The van der Waals surface area contributed by atoms with Gasteiger partial charge in [0.2, 0.25) is 5.91 Å². The van der Waals surface area contributed by atoms with Gasteiger partial charge in [-0.1, -0.05) is 60.2 Å². The zero-order valence-electron chi connectivity index (χ0n) is 14.6. The van der Waals surface area contributed by atoms with Gasteiger partial charge < -0.3 is 4.90 Å². The van der Waals surface area contributed by atoms with E-state index < -0.39 is 0 Å². The Morgan fingerprint density at radius 2 is 1.85 bits per heavy atom. The van der Waals surface area contributed by atoms with Crippen molar-refractivity contribution in [3.05, 3.63) is 89.7 Å². The minimum absolute atomic E-state index is 0.00675. The lowest BCUT2D eigenvalue weighted by molar-refractivity contribution is -0.128. The van der Waals surface area contributed by atoms with Crippen molar-refractivity contribution in [2.24, 2.45) is 0 Å². The van der Waals surface area contributed by atoms with Crippen LogP contribution in [0.1, 0.15) is 22.1 Å². The summed E-state index contributed by atoms with van der Waals surface area (Å²) in [6.45, 7) is 2.71. The van der Waals surface area contributed by atoms with E-state index in [-0.39, 0.29) is 11.3 Å². The standard InChI is InChI=1S/C22H20N2OS/c1-16-7-9-18(10-8-16)19-11-12-23-13-20(19)22-24(21(25)15-26-22)14-17-5-3-2-4-6-17/h2-13,22H,14-15H2,1H3. The number of nitrogens with zero attached hydrogens (tertiary/aromatic N) is 2. The Hall–Kier alpha value is -2.59. The molecule has 1 atom stereocenters. The highest BCUT2D eigenvalue weighted by molar-refractivity contribution is 8.00. The first-order valence-electron chi connectivity index (χ1n) is 8.68. The number of aryl methyl sites for hydroxylation is 1. The monoisotopic (exact) mass is 360 g/mol. The predicted octanol–water partition coefficient (Wildman–Crippen LogP) is 4.83. The lowest BCUT2D eigenvalue weighted by Crippen LogP contribution is -2.28. The zero-order chi connectivity index (χ0) is 17.9. The molecule has 2 heterocycles. The van der Waals surface area contributed by atoms with E-state index in [0.29, 0.717) is 12.3 Å². The van der Waals surface area contributed by atoms with Gasteiger partial charge in [0.1, 0.15) is 5.37 Å². The molecule has 1 fully saturated rings. The molecule has 1 saturated heterocycles. The molecule has 1 aromatic heterocycles. The fourth-order valence-corrected chi connectivity index (χ4v) is 4.47. The van der Waals surface area contributed by atoms with Gasteiger partial charge in [0.15, 0.2) is 0 Å². The van der Waals surface area contributed by atoms with Gasteiger partial charge in [0, 0.05) is 24.5 Å². The second kappa shape index (κ2) is 7.34. The summed E-state index contributed by atoms with van der Waals surface area (Å²) in [4.78, 5) is 18.9. The molecule has 2 aromatic carbocycles. The zero-order valence-corrected chi connectivity index (χ0v) is 15.4. The van der Waals surface area contributed by atoms with E-state index in [1.165, 1.54) is 5.56 Å². The van der Waals surface area contributed by atoms with Crippen molar-refractivity contribution >= 4 is 17.7 Å². The molecule has 0 bridgehead atoms. The smallest absolute Gasteiger partial charge is 0.234 e. The number of rotatable bonds is 4. The van der Waals surface area contributed by atoms with Crippen molar-refractivity contribution in [2.45, 2.75) is 18.8 Å². The van der Waals surface area contributed by atoms with Gasteiger partial charge in [-0.2, -0.15) is 0 Å². The Bertz CT molecular complexity index is 909. The number of amides is 1. The molecule has 1 amide bonds. The minimum atomic E-state index is -0.00675. The molecule has 1 unspecified atom stereocenters. The van der Waals surface area contributed by atoms with E-state index in [1.807, 2.05) is 41.6 Å². The third-order valence-corrected chi connectivity index (χ3v) is 5.88. The van der Waals surface area contributed by atoms with Crippen LogP contribution in [0.5, 0.6) is 0 Å². The first-order chi connectivity index (χ1) is 12.7. The molecule has 3 nitrogen and oxygen atoms in total. The molecule has 0 N–H and O–H groups in total. The molecule has 26 heavy (non-hydrogen) atoms. The highest BCUT2D eigenvalue weighted by Crippen LogP contribution is 2.43. The third kappa shape index (κ3) is 3.37. The molecule has 3 aromatic rings. The lowest BCUT2D eigenvalue weighted by atomic mass is 10.00. The molecule has 0 aliphatic carbocycles. The molecule has 0 saturated carbocycles. The molecule has 4 heteroatoms. The Morgan fingerprint density at radius 3 is 2.62 bits per heavy atom. The van der Waals surface area contributed by atoms with Crippen LogP contribution in [0, 0.1) is 6.92 Å². The number of aromatic nitrogens is 1. The topological polar surface area (TPSA) is 33.2 Å². The van der Waals surface area contributed by atoms with Gasteiger partial charge in [-0.15, -0.1) is 11.8 Å². The maximum Gasteiger partial charge on any atom is 0.234 e. The molecule has 4 rings (SSSR count). The summed E-state index contributed by atoms with van der Waals surface area (Å²) in [5, 5.41) is -0.00675. The molecule has 0 radical (unpaired) electrons. The van der Waals surface area contributed by atoms with E-state index >= 15 is 0 Å². The summed E-state index contributed by atoms with van der Waals surface area (Å²) in [5.74, 6) is 0.697. The third-order valence-electron chi connectivity index (χ3n) is 4.64. The number of benzene rings is 2. The van der Waals surface area contributed by atoms with Gasteiger partial charge in [-0.25, -0.2) is 0 Å². The quantitative estimate of drug-likeness (QED) is 0.668. The maximum absolute atomic E-state index is 12.5. The highest BCUT2D eigenvalue weighted by Gasteiger charge is 2.34. The minimum Gasteiger partial charge on any atom is -0.321 e. The summed E-state index contributed by atoms with van der Waals surface area (Å²) < 4.78 is 0. The van der Waals surface area contributed by atoms with E-state index in [4.69, 9.17) is 0 Å². The summed E-state index contributed by atoms with van der Waals surface area (Å²) in [6, 6.07) is 20.7. The number of thioether (sulfide) groups is 1. The van der Waals surface area contributed by atoms with Gasteiger partial charge >= 0.3 is 0 Å². The fourth-order valence-electron chi connectivity index (χ4n) is 3.26. The first-order valence-corrected chi connectivity index (χ1v) is 9.73. The van der Waals surface area contributed by atoms with Crippen LogP contribution < -0.4 is 0 Å². The number of carbonyl (C=O) groups excluding carboxylic acids is 1. The van der Waals surface area contributed by atoms with Crippen molar-refractivity contribution in [3.8, 4) is 11.1 Å². The maximum atomic E-state index is 12.5. The summed E-state index contributed by atoms with van der Waals surface area (Å²) in [6.07, 6.45) is 3.73. The van der Waals surface area contributed by atoms with Crippen molar-refractivity contribution in [1.29, 1.82) is 0 Å². The summed E-state index contributed by atoms with van der Waals surface area (Å²) in [7, 11) is 0. The van der Waals surface area contributed by atoms with Crippen molar-refractivity contribution in [3.63, 3.8) is 0 Å². The number of pyridine rings is 1. The molecule has 130 valence electrons. The van der Waals surface area contributed by atoms with Crippen LogP contribution in [0.2, 0.25) is 0 Å². The fraction of sp³-hybridized carbons (Fsp3) is 0.182. The van der Waals surface area contributed by atoms with Crippen molar-refractivity contribution < 1.29 is 4.79 Å². The lowest BCUT2D eigenvalue weighted by Gasteiger charge is -2.26. The van der Waals surface area contributed by atoms with Crippen molar-refractivity contribution in [2.75, 3.05) is 5.75 Å². The van der Waals surface area contributed by atoms with Crippen LogP contribution in [-0.4, -0.2) is 21.5 Å². The SMILES string of the molecule is Cc1ccc(-c2ccncc2C2SCC(=O)N2Cc2ccccc2)cc1. The summed E-state index contributed by atoms with van der Waals surface area (Å²) >= 11 is 1.68. The average molecular weight is 360 g/mol. The number of hydrogen-bond acceptors (Lipinski definition) is 3. The van der Waals surface area contributed by atoms with Gasteiger partial charge in [0.25, 0.3) is 0 Å². The second-order valence-electron chi connectivity index (χ2n) is 6.50. The van der Waals surface area contributed by atoms with Crippen LogP contribution in [0.15, 0.2) is 73.1 Å². The van der Waals surface area contributed by atoms with Crippen LogP contribution in [-0.2, 0) is 11.3 Å². The molecular formula is C22H20N2OS. The molecule has 0 spiro atoms. The Morgan fingerprint density at radius 1 is 1.08 bits per heavy atom. The molecule has 1 aliphatic heterocycles. The van der Waals surface area contributed by atoms with Gasteiger partial charge in [0.05, 0.1) is 5.75 Å². The van der Waals surface area contributed by atoms with Crippen LogP contribution in [0.25, 0.3) is 11.1 Å². The summed E-state index contributed by atoms with van der Waals surface area (Å²) in [5.41, 5.74) is 5.79. The Labute approximate surface area is 158 Å². The highest BCUT2D eigenvalue weighted by atomic mass is 32.2. The van der Waals surface area contributed by atoms with E-state index in [1.54, 1.807) is 11.8 Å². The van der Waals surface area contributed by atoms with Crippen molar-refractivity contribution in [1.82, 2.24) is 9.88 Å². The second-order valence-corrected chi connectivity index (χ2v) is 7.57. The van der Waals surface area contributed by atoms with Crippen LogP contribution in [0.3, 0.4) is 0 Å². The molecule has 1 aliphatic rings. The Kier molecular flexibility index (Phi) is 4.76. The largest absolute Gasteiger partial charge is 0.321 e. The number of hydrogen-bond donors (Lipinski definition) is 0. The van der Waals surface area contributed by atoms with Crippen LogP contribution >= 0.6 is 11.8 Å². The normalized spacial score (nSPS) is 16.9. The van der Waals surface area contributed by atoms with E-state index in [9.17, 15) is 4.79 Å². The predicted molar refractivity (Wildman–Crippen MR) is 107 cm³/mol. The first kappa shape index (κ1) is 16.9. The van der Waals surface area contributed by atoms with Crippen LogP contribution in [0.4, 0.5) is 0 Å².